The number of thiophene rings is 1. The molecule has 0 atom stereocenters. The van der Waals surface area contributed by atoms with Gasteiger partial charge in [-0.25, -0.2) is 12.8 Å². The van der Waals surface area contributed by atoms with Gasteiger partial charge in [0.15, 0.2) is 15.8 Å². The molecule has 10 heteroatoms. The maximum atomic E-state index is 13.8. The van der Waals surface area contributed by atoms with Crippen molar-refractivity contribution in [1.29, 1.82) is 0 Å². The van der Waals surface area contributed by atoms with Gasteiger partial charge in [-0.05, 0) is 23.6 Å². The molecule has 1 aliphatic heterocycles. The van der Waals surface area contributed by atoms with Crippen LogP contribution in [0.5, 0.6) is 0 Å². The Morgan fingerprint density at radius 2 is 1.90 bits per heavy atom. The third-order valence-corrected chi connectivity index (χ3v) is 7.27. The largest absolute Gasteiger partial charge is 0.355 e. The monoisotopic (exact) mass is 552 g/mol. The Hall–Kier alpha value is -1.24. The van der Waals surface area contributed by atoms with Crippen LogP contribution in [0.2, 0.25) is 0 Å². The van der Waals surface area contributed by atoms with Crippen molar-refractivity contribution >= 4 is 51.1 Å². The van der Waals surface area contributed by atoms with Crippen LogP contribution in [0.4, 0.5) is 4.39 Å². The van der Waals surface area contributed by atoms with E-state index >= 15 is 0 Å². The van der Waals surface area contributed by atoms with Crippen LogP contribution < -0.4 is 5.32 Å². The van der Waals surface area contributed by atoms with Gasteiger partial charge in [0, 0.05) is 51.2 Å². The average Bonchev–Trinajstić information content (AvgIpc) is 3.19. The number of hydrogen-bond donors (Lipinski definition) is 1. The molecule has 0 unspecified atom stereocenters. The first-order valence-electron chi connectivity index (χ1n) is 9.17. The molecule has 1 fully saturated rings. The molecule has 0 amide bonds. The fraction of sp³-hybridized carbons (Fsp3) is 0.421. The number of rotatable bonds is 6. The van der Waals surface area contributed by atoms with Crippen LogP contribution in [-0.2, 0) is 16.4 Å². The van der Waals surface area contributed by atoms with Crippen LogP contribution in [-0.4, -0.2) is 69.7 Å². The summed E-state index contributed by atoms with van der Waals surface area (Å²) in [5, 5.41) is 5.19. The third kappa shape index (κ3) is 6.63. The van der Waals surface area contributed by atoms with Gasteiger partial charge in [-0.3, -0.25) is 9.89 Å². The summed E-state index contributed by atoms with van der Waals surface area (Å²) in [6, 6.07) is 9.68. The highest BCUT2D eigenvalue weighted by molar-refractivity contribution is 14.0. The van der Waals surface area contributed by atoms with Crippen LogP contribution in [0.15, 0.2) is 51.7 Å². The van der Waals surface area contributed by atoms with Gasteiger partial charge in [0.05, 0.1) is 5.75 Å². The Bertz CT molecular complexity index is 899. The quantitative estimate of drug-likeness (QED) is 0.339. The standard InChI is InChI=1S/C19H25FN4O2S2.HI/c1-21-19(22-8-14-28(25,26)18-7-3-2-6-17(18)20)24-11-9-23(10-12-24)15-16-5-4-13-27-16;/h2-7,13H,8-12,14-15H2,1H3,(H,21,22);1H. The van der Waals surface area contributed by atoms with E-state index in [1.165, 1.54) is 23.1 Å². The second kappa shape index (κ2) is 11.2. The molecule has 0 radical (unpaired) electrons. The molecule has 29 heavy (non-hydrogen) atoms. The first kappa shape index (κ1) is 24.0. The van der Waals surface area contributed by atoms with Crippen molar-refractivity contribution in [2.24, 2.45) is 4.99 Å². The molecule has 2 aromatic rings. The summed E-state index contributed by atoms with van der Waals surface area (Å²) < 4.78 is 38.5. The van der Waals surface area contributed by atoms with E-state index in [1.807, 2.05) is 0 Å². The molecule has 160 valence electrons. The summed E-state index contributed by atoms with van der Waals surface area (Å²) in [7, 11) is -2.00. The zero-order valence-electron chi connectivity index (χ0n) is 16.3. The van der Waals surface area contributed by atoms with E-state index in [1.54, 1.807) is 18.4 Å². The Morgan fingerprint density at radius 1 is 1.17 bits per heavy atom. The SMILES string of the molecule is CN=C(NCCS(=O)(=O)c1ccccc1F)N1CCN(Cc2cccs2)CC1.I. The molecular formula is C19H26FIN4O2S2. The van der Waals surface area contributed by atoms with Gasteiger partial charge in [0.1, 0.15) is 10.7 Å². The van der Waals surface area contributed by atoms with Gasteiger partial charge in [-0.1, -0.05) is 18.2 Å². The molecule has 1 aromatic heterocycles. The van der Waals surface area contributed by atoms with Crippen molar-refractivity contribution in [3.8, 4) is 0 Å². The number of benzene rings is 1. The molecule has 0 aliphatic carbocycles. The number of nitrogens with one attached hydrogen (secondary N) is 1. The normalized spacial score (nSPS) is 15.8. The lowest BCUT2D eigenvalue weighted by molar-refractivity contribution is 0.174. The second-order valence-corrected chi connectivity index (χ2v) is 9.68. The lowest BCUT2D eigenvalue weighted by Crippen LogP contribution is -2.52. The fourth-order valence-electron chi connectivity index (χ4n) is 3.18. The second-order valence-electron chi connectivity index (χ2n) is 6.57. The van der Waals surface area contributed by atoms with E-state index in [9.17, 15) is 12.8 Å². The Kier molecular flexibility index (Phi) is 9.31. The predicted molar refractivity (Wildman–Crippen MR) is 126 cm³/mol. The minimum Gasteiger partial charge on any atom is -0.355 e. The summed E-state index contributed by atoms with van der Waals surface area (Å²) >= 11 is 1.77. The molecule has 1 aromatic carbocycles. The maximum Gasteiger partial charge on any atom is 0.193 e. The van der Waals surface area contributed by atoms with E-state index in [0.29, 0.717) is 5.96 Å². The van der Waals surface area contributed by atoms with Crippen molar-refractivity contribution in [2.45, 2.75) is 11.4 Å². The number of guanidine groups is 1. The molecule has 6 nitrogen and oxygen atoms in total. The Labute approximate surface area is 192 Å². The molecule has 1 N–H and O–H groups in total. The summed E-state index contributed by atoms with van der Waals surface area (Å²) in [6.45, 7) is 4.63. The summed E-state index contributed by atoms with van der Waals surface area (Å²) in [4.78, 5) is 9.90. The van der Waals surface area contributed by atoms with Crippen LogP contribution in [0, 0.1) is 5.82 Å². The summed E-state index contributed by atoms with van der Waals surface area (Å²) in [6.07, 6.45) is 0. The van der Waals surface area contributed by atoms with Crippen molar-refractivity contribution in [1.82, 2.24) is 15.1 Å². The van der Waals surface area contributed by atoms with Crippen LogP contribution in [0.1, 0.15) is 4.88 Å². The smallest absolute Gasteiger partial charge is 0.193 e. The number of sulfone groups is 1. The summed E-state index contributed by atoms with van der Waals surface area (Å²) in [5.74, 6) is -0.223. The molecule has 2 heterocycles. The molecular weight excluding hydrogens is 526 g/mol. The van der Waals surface area contributed by atoms with Gasteiger partial charge in [0.25, 0.3) is 0 Å². The van der Waals surface area contributed by atoms with Crippen molar-refractivity contribution in [3.05, 3.63) is 52.5 Å². The van der Waals surface area contributed by atoms with Gasteiger partial charge in [0.2, 0.25) is 0 Å². The Balaban J connectivity index is 0.00000300. The third-order valence-electron chi connectivity index (χ3n) is 4.67. The topological polar surface area (TPSA) is 65.0 Å². The minimum atomic E-state index is -3.68. The van der Waals surface area contributed by atoms with E-state index in [2.05, 4.69) is 37.6 Å². The molecule has 1 saturated heterocycles. The highest BCUT2D eigenvalue weighted by Crippen LogP contribution is 2.15. The lowest BCUT2D eigenvalue weighted by atomic mass is 10.3. The van der Waals surface area contributed by atoms with Crippen molar-refractivity contribution in [2.75, 3.05) is 45.5 Å². The number of hydrogen-bond acceptors (Lipinski definition) is 5. The molecule has 0 saturated carbocycles. The minimum absolute atomic E-state index is 0. The number of aliphatic imine (C=N–C) groups is 1. The Morgan fingerprint density at radius 3 is 2.52 bits per heavy atom. The van der Waals surface area contributed by atoms with Crippen LogP contribution in [0.3, 0.4) is 0 Å². The first-order chi connectivity index (χ1) is 13.5. The lowest BCUT2D eigenvalue weighted by Gasteiger charge is -2.36. The number of piperazine rings is 1. The highest BCUT2D eigenvalue weighted by atomic mass is 127. The average molecular weight is 552 g/mol. The number of nitrogens with zero attached hydrogens (tertiary/aromatic N) is 3. The van der Waals surface area contributed by atoms with E-state index in [-0.39, 0.29) is 41.2 Å². The zero-order chi connectivity index (χ0) is 20.0. The predicted octanol–water partition coefficient (Wildman–Crippen LogP) is 2.67. The van der Waals surface area contributed by atoms with Gasteiger partial charge >= 0.3 is 0 Å². The van der Waals surface area contributed by atoms with Gasteiger partial charge < -0.3 is 10.2 Å². The van der Waals surface area contributed by atoms with E-state index < -0.39 is 15.7 Å². The molecule has 3 rings (SSSR count). The molecule has 1 aliphatic rings. The zero-order valence-corrected chi connectivity index (χ0v) is 20.2. The van der Waals surface area contributed by atoms with Gasteiger partial charge in [-0.15, -0.1) is 35.3 Å². The fourth-order valence-corrected chi connectivity index (χ4v) is 5.17. The first-order valence-corrected chi connectivity index (χ1v) is 11.7. The highest BCUT2D eigenvalue weighted by Gasteiger charge is 2.22. The number of halogens is 2. The van der Waals surface area contributed by atoms with Crippen LogP contribution in [0.25, 0.3) is 0 Å². The maximum absolute atomic E-state index is 13.8. The van der Waals surface area contributed by atoms with E-state index in [0.717, 1.165) is 38.8 Å². The molecule has 0 spiro atoms. The summed E-state index contributed by atoms with van der Waals surface area (Å²) in [5.41, 5.74) is 0. The van der Waals surface area contributed by atoms with Crippen molar-refractivity contribution < 1.29 is 12.8 Å². The van der Waals surface area contributed by atoms with E-state index in [4.69, 9.17) is 0 Å². The molecule has 0 bridgehead atoms. The van der Waals surface area contributed by atoms with Gasteiger partial charge in [-0.2, -0.15) is 0 Å². The van der Waals surface area contributed by atoms with Crippen molar-refractivity contribution in [3.63, 3.8) is 0 Å². The van der Waals surface area contributed by atoms with Crippen LogP contribution >= 0.6 is 35.3 Å².